The van der Waals surface area contributed by atoms with Crippen molar-refractivity contribution in [3.05, 3.63) is 21.9 Å². The lowest BCUT2D eigenvalue weighted by molar-refractivity contribution is 1.17. The molecule has 1 aromatic heterocycles. The molecule has 0 aromatic carbocycles. The molecule has 0 atom stereocenters. The van der Waals surface area contributed by atoms with Gasteiger partial charge in [0.05, 0.1) is 11.4 Å². The van der Waals surface area contributed by atoms with Crippen LogP contribution in [0.1, 0.15) is 11.3 Å². The Labute approximate surface area is 68.6 Å². The quantitative estimate of drug-likeness (QED) is 0.697. The monoisotopic (exact) mass is 200 g/mol. The lowest BCUT2D eigenvalue weighted by atomic mass is 10.2. The first-order chi connectivity index (χ1) is 4.63. The zero-order chi connectivity index (χ0) is 7.72. The fourth-order valence-corrected chi connectivity index (χ4v) is 1.04. The number of halogens is 1. The lowest BCUT2D eigenvalue weighted by Crippen LogP contribution is -1.96. The van der Waals surface area contributed by atoms with Gasteiger partial charge < -0.3 is 5.73 Å². The lowest BCUT2D eigenvalue weighted by Gasteiger charge is -2.03. The zero-order valence-corrected chi connectivity index (χ0v) is 7.57. The van der Waals surface area contributed by atoms with Gasteiger partial charge in [-0.05, 0) is 35.3 Å². The number of hydrogen-bond acceptors (Lipinski definition) is 2. The third-order valence-electron chi connectivity index (χ3n) is 1.52. The van der Waals surface area contributed by atoms with Crippen molar-refractivity contribution in [2.45, 2.75) is 13.8 Å². The van der Waals surface area contributed by atoms with Gasteiger partial charge in [0, 0.05) is 10.7 Å². The highest BCUT2D eigenvalue weighted by molar-refractivity contribution is 9.10. The third-order valence-corrected chi connectivity index (χ3v) is 2.32. The number of pyridine rings is 1. The molecule has 2 N–H and O–H groups in total. The smallest absolute Gasteiger partial charge is 0.0605 e. The maximum absolute atomic E-state index is 5.69. The number of hydrogen-bond donors (Lipinski definition) is 1. The van der Waals surface area contributed by atoms with Gasteiger partial charge in [-0.2, -0.15) is 0 Å². The summed E-state index contributed by atoms with van der Waals surface area (Å²) < 4.78 is 0.968. The average Bonchev–Trinajstić information content (AvgIpc) is 1.93. The minimum Gasteiger partial charge on any atom is -0.397 e. The van der Waals surface area contributed by atoms with E-state index in [4.69, 9.17) is 5.73 Å². The Bertz CT molecular complexity index is 231. The summed E-state index contributed by atoms with van der Waals surface area (Å²) >= 11 is 3.34. The van der Waals surface area contributed by atoms with Crippen LogP contribution in [-0.4, -0.2) is 4.98 Å². The van der Waals surface area contributed by atoms with E-state index in [-0.39, 0.29) is 0 Å². The molecule has 0 radical (unpaired) electrons. The Morgan fingerprint density at radius 1 is 1.50 bits per heavy atom. The van der Waals surface area contributed by atoms with Crippen LogP contribution >= 0.6 is 15.9 Å². The molecule has 2 nitrogen and oxygen atoms in total. The van der Waals surface area contributed by atoms with Gasteiger partial charge in [0.25, 0.3) is 0 Å². The van der Waals surface area contributed by atoms with Gasteiger partial charge in [-0.1, -0.05) is 0 Å². The minimum absolute atomic E-state index is 0.773. The maximum Gasteiger partial charge on any atom is 0.0605 e. The van der Waals surface area contributed by atoms with Crippen LogP contribution in [0.25, 0.3) is 0 Å². The maximum atomic E-state index is 5.69. The first-order valence-electron chi connectivity index (χ1n) is 3.00. The summed E-state index contributed by atoms with van der Waals surface area (Å²) in [5.74, 6) is 0. The molecule has 0 fully saturated rings. The summed E-state index contributed by atoms with van der Waals surface area (Å²) in [5, 5.41) is 0. The van der Waals surface area contributed by atoms with Gasteiger partial charge >= 0.3 is 0 Å². The number of anilines is 1. The first kappa shape index (κ1) is 7.54. The van der Waals surface area contributed by atoms with Crippen molar-refractivity contribution in [1.29, 1.82) is 0 Å². The highest BCUT2D eigenvalue weighted by Gasteiger charge is 2.01. The van der Waals surface area contributed by atoms with Gasteiger partial charge in [-0.3, -0.25) is 4.98 Å². The van der Waals surface area contributed by atoms with Crippen LogP contribution in [0.2, 0.25) is 0 Å². The first-order valence-corrected chi connectivity index (χ1v) is 3.79. The molecule has 54 valence electrons. The summed E-state index contributed by atoms with van der Waals surface area (Å²) in [5.41, 5.74) is 8.41. The Morgan fingerprint density at radius 3 is 2.60 bits per heavy atom. The van der Waals surface area contributed by atoms with Gasteiger partial charge in [-0.25, -0.2) is 0 Å². The molecule has 1 heterocycles. The second-order valence-electron chi connectivity index (χ2n) is 2.23. The molecule has 3 heteroatoms. The summed E-state index contributed by atoms with van der Waals surface area (Å²) in [7, 11) is 0. The van der Waals surface area contributed by atoms with Crippen LogP contribution in [0.3, 0.4) is 0 Å². The van der Waals surface area contributed by atoms with Crippen LogP contribution in [0, 0.1) is 13.8 Å². The highest BCUT2D eigenvalue weighted by atomic mass is 79.9. The van der Waals surface area contributed by atoms with Gasteiger partial charge in [-0.15, -0.1) is 0 Å². The molecule has 0 spiro atoms. The summed E-state index contributed by atoms with van der Waals surface area (Å²) in [4.78, 5) is 4.07. The van der Waals surface area contributed by atoms with E-state index in [2.05, 4.69) is 20.9 Å². The Kier molecular flexibility index (Phi) is 1.94. The second-order valence-corrected chi connectivity index (χ2v) is 3.08. The van der Waals surface area contributed by atoms with Crippen molar-refractivity contribution in [3.63, 3.8) is 0 Å². The summed E-state index contributed by atoms with van der Waals surface area (Å²) in [6.45, 7) is 3.86. The SMILES string of the molecule is Cc1ncc(Br)c(C)c1N. The number of rotatable bonds is 0. The highest BCUT2D eigenvalue weighted by Crippen LogP contribution is 2.21. The number of aromatic nitrogens is 1. The van der Waals surface area contributed by atoms with Crippen LogP contribution in [-0.2, 0) is 0 Å². The Morgan fingerprint density at radius 2 is 2.10 bits per heavy atom. The third kappa shape index (κ3) is 1.14. The molecule has 0 aliphatic rings. The van der Waals surface area contributed by atoms with Crippen molar-refractivity contribution in [2.24, 2.45) is 0 Å². The minimum atomic E-state index is 0.773. The van der Waals surface area contributed by atoms with Crippen molar-refractivity contribution in [2.75, 3.05) is 5.73 Å². The molecule has 0 unspecified atom stereocenters. The van der Waals surface area contributed by atoms with Crippen LogP contribution < -0.4 is 5.73 Å². The molecule has 1 aromatic rings. The van der Waals surface area contributed by atoms with E-state index in [1.807, 2.05) is 13.8 Å². The van der Waals surface area contributed by atoms with Crippen molar-refractivity contribution >= 4 is 21.6 Å². The predicted molar refractivity (Wildman–Crippen MR) is 45.8 cm³/mol. The molecule has 0 bridgehead atoms. The predicted octanol–water partition coefficient (Wildman–Crippen LogP) is 2.04. The molecular formula is C7H9BrN2. The van der Waals surface area contributed by atoms with Crippen LogP contribution in [0.15, 0.2) is 10.7 Å². The fraction of sp³-hybridized carbons (Fsp3) is 0.286. The fourth-order valence-electron chi connectivity index (χ4n) is 0.720. The number of aryl methyl sites for hydroxylation is 1. The zero-order valence-electron chi connectivity index (χ0n) is 5.98. The van der Waals surface area contributed by atoms with E-state index in [0.717, 1.165) is 21.4 Å². The normalized spacial score (nSPS) is 9.90. The van der Waals surface area contributed by atoms with E-state index in [1.165, 1.54) is 0 Å². The van der Waals surface area contributed by atoms with Crippen molar-refractivity contribution in [3.8, 4) is 0 Å². The van der Waals surface area contributed by atoms with E-state index < -0.39 is 0 Å². The van der Waals surface area contributed by atoms with Crippen LogP contribution in [0.4, 0.5) is 5.69 Å². The second kappa shape index (κ2) is 2.58. The van der Waals surface area contributed by atoms with E-state index in [0.29, 0.717) is 0 Å². The van der Waals surface area contributed by atoms with Crippen LogP contribution in [0.5, 0.6) is 0 Å². The molecular weight excluding hydrogens is 192 g/mol. The van der Waals surface area contributed by atoms with Crippen molar-refractivity contribution in [1.82, 2.24) is 4.98 Å². The van der Waals surface area contributed by atoms with E-state index in [9.17, 15) is 0 Å². The molecule has 0 amide bonds. The van der Waals surface area contributed by atoms with Gasteiger partial charge in [0.15, 0.2) is 0 Å². The number of nitrogens with two attached hydrogens (primary N) is 1. The standard InChI is InChI=1S/C7H9BrN2/c1-4-6(8)3-10-5(2)7(4)9/h3H,9H2,1-2H3. The molecule has 0 aliphatic carbocycles. The largest absolute Gasteiger partial charge is 0.397 e. The molecule has 0 aliphatic heterocycles. The summed E-state index contributed by atoms with van der Waals surface area (Å²) in [6.07, 6.45) is 1.76. The van der Waals surface area contributed by atoms with E-state index >= 15 is 0 Å². The average molecular weight is 201 g/mol. The molecule has 1 rings (SSSR count). The Hall–Kier alpha value is -0.570. The Balaban J connectivity index is 3.34. The number of nitrogens with zero attached hydrogens (tertiary/aromatic N) is 1. The number of nitrogen functional groups attached to an aromatic ring is 1. The molecule has 10 heavy (non-hydrogen) atoms. The van der Waals surface area contributed by atoms with Crippen molar-refractivity contribution < 1.29 is 0 Å². The van der Waals surface area contributed by atoms with Gasteiger partial charge in [0.1, 0.15) is 0 Å². The van der Waals surface area contributed by atoms with E-state index in [1.54, 1.807) is 6.20 Å². The summed E-state index contributed by atoms with van der Waals surface area (Å²) in [6, 6.07) is 0. The molecule has 0 saturated heterocycles. The molecule has 0 saturated carbocycles. The van der Waals surface area contributed by atoms with Gasteiger partial charge in [0.2, 0.25) is 0 Å². The topological polar surface area (TPSA) is 38.9 Å².